The van der Waals surface area contributed by atoms with Gasteiger partial charge in [0, 0.05) is 38.1 Å². The van der Waals surface area contributed by atoms with Crippen LogP contribution in [0.15, 0.2) is 0 Å². The molecule has 1 aliphatic carbocycles. The molecule has 0 spiro atoms. The van der Waals surface area contributed by atoms with E-state index in [1.807, 2.05) is 16.8 Å². The third-order valence-corrected chi connectivity index (χ3v) is 5.53. The summed E-state index contributed by atoms with van der Waals surface area (Å²) in [6.45, 7) is 8.03. The Labute approximate surface area is 147 Å². The molecule has 0 N–H and O–H groups in total. The molecule has 1 unspecified atom stereocenters. The molecule has 1 heterocycles. The van der Waals surface area contributed by atoms with E-state index in [4.69, 9.17) is 0 Å². The standard InChI is InChI=1S/C19H35N3O2/c1-4-11-21(12-5-2)18(23)15-20(3)17-10-13-22(14-17)19(24)16-8-6-7-9-16/h16-17H,4-15H2,1-3H3. The Hall–Kier alpha value is -1.10. The van der Waals surface area contributed by atoms with Crippen molar-refractivity contribution in [2.24, 2.45) is 5.92 Å². The third-order valence-electron chi connectivity index (χ3n) is 5.53. The van der Waals surface area contributed by atoms with E-state index in [0.29, 0.717) is 18.5 Å². The van der Waals surface area contributed by atoms with Crippen LogP contribution in [0, 0.1) is 5.92 Å². The van der Waals surface area contributed by atoms with Gasteiger partial charge in [-0.15, -0.1) is 0 Å². The second-order valence-electron chi connectivity index (χ2n) is 7.50. The average molecular weight is 338 g/mol. The zero-order valence-corrected chi connectivity index (χ0v) is 15.8. The van der Waals surface area contributed by atoms with Crippen LogP contribution in [0.25, 0.3) is 0 Å². The zero-order valence-electron chi connectivity index (χ0n) is 15.8. The number of carbonyl (C=O) groups excluding carboxylic acids is 2. The molecule has 1 saturated heterocycles. The molecule has 1 saturated carbocycles. The molecule has 1 aliphatic heterocycles. The number of amides is 2. The van der Waals surface area contributed by atoms with Gasteiger partial charge in [0.05, 0.1) is 6.54 Å². The van der Waals surface area contributed by atoms with E-state index in [1.165, 1.54) is 12.8 Å². The van der Waals surface area contributed by atoms with Crippen molar-refractivity contribution >= 4 is 11.8 Å². The number of nitrogens with zero attached hydrogens (tertiary/aromatic N) is 3. The second-order valence-corrected chi connectivity index (χ2v) is 7.50. The summed E-state index contributed by atoms with van der Waals surface area (Å²) < 4.78 is 0. The van der Waals surface area contributed by atoms with Crippen molar-refractivity contribution in [3.05, 3.63) is 0 Å². The second kappa shape index (κ2) is 9.40. The number of hydrogen-bond donors (Lipinski definition) is 0. The Morgan fingerprint density at radius 1 is 1.04 bits per heavy atom. The topological polar surface area (TPSA) is 43.9 Å². The van der Waals surface area contributed by atoms with Gasteiger partial charge in [0.2, 0.25) is 11.8 Å². The molecule has 0 aromatic rings. The maximum Gasteiger partial charge on any atom is 0.236 e. The summed E-state index contributed by atoms with van der Waals surface area (Å²) in [4.78, 5) is 31.2. The summed E-state index contributed by atoms with van der Waals surface area (Å²) in [7, 11) is 2.03. The molecular weight excluding hydrogens is 302 g/mol. The van der Waals surface area contributed by atoms with Crippen LogP contribution in [0.4, 0.5) is 0 Å². The van der Waals surface area contributed by atoms with Gasteiger partial charge in [0.15, 0.2) is 0 Å². The predicted molar refractivity (Wildman–Crippen MR) is 96.7 cm³/mol. The van der Waals surface area contributed by atoms with Crippen LogP contribution in [0.5, 0.6) is 0 Å². The fraction of sp³-hybridized carbons (Fsp3) is 0.895. The first-order valence-corrected chi connectivity index (χ1v) is 9.83. The normalized spacial score (nSPS) is 21.7. The first-order chi connectivity index (χ1) is 11.6. The summed E-state index contributed by atoms with van der Waals surface area (Å²) in [5.41, 5.74) is 0. The fourth-order valence-corrected chi connectivity index (χ4v) is 4.08. The Morgan fingerprint density at radius 2 is 1.67 bits per heavy atom. The van der Waals surface area contributed by atoms with Crippen LogP contribution >= 0.6 is 0 Å². The minimum Gasteiger partial charge on any atom is -0.342 e. The van der Waals surface area contributed by atoms with E-state index >= 15 is 0 Å². The van der Waals surface area contributed by atoms with Gasteiger partial charge in [0.25, 0.3) is 0 Å². The van der Waals surface area contributed by atoms with Gasteiger partial charge in [-0.3, -0.25) is 14.5 Å². The van der Waals surface area contributed by atoms with Crippen molar-refractivity contribution in [2.45, 2.75) is 64.8 Å². The molecule has 0 aromatic carbocycles. The lowest BCUT2D eigenvalue weighted by Gasteiger charge is -2.28. The Bertz CT molecular complexity index is 415. The number of rotatable bonds is 8. The molecular formula is C19H35N3O2. The van der Waals surface area contributed by atoms with E-state index in [-0.39, 0.29) is 11.8 Å². The van der Waals surface area contributed by atoms with Crippen molar-refractivity contribution in [1.29, 1.82) is 0 Å². The Kier molecular flexibility index (Phi) is 7.53. The molecule has 138 valence electrons. The maximum absolute atomic E-state index is 12.5. The smallest absolute Gasteiger partial charge is 0.236 e. The molecule has 2 fully saturated rings. The third kappa shape index (κ3) is 4.95. The zero-order chi connectivity index (χ0) is 17.5. The molecule has 0 radical (unpaired) electrons. The van der Waals surface area contributed by atoms with E-state index < -0.39 is 0 Å². The van der Waals surface area contributed by atoms with E-state index in [1.54, 1.807) is 0 Å². The summed E-state index contributed by atoms with van der Waals surface area (Å²) >= 11 is 0. The van der Waals surface area contributed by atoms with Crippen LogP contribution < -0.4 is 0 Å². The van der Waals surface area contributed by atoms with E-state index in [9.17, 15) is 9.59 Å². The maximum atomic E-state index is 12.5. The summed E-state index contributed by atoms with van der Waals surface area (Å²) in [6, 6.07) is 0.324. The minimum atomic E-state index is 0.224. The van der Waals surface area contributed by atoms with Crippen LogP contribution in [-0.2, 0) is 9.59 Å². The van der Waals surface area contributed by atoms with Gasteiger partial charge in [0.1, 0.15) is 0 Å². The van der Waals surface area contributed by atoms with Crippen molar-refractivity contribution in [1.82, 2.24) is 14.7 Å². The molecule has 5 nitrogen and oxygen atoms in total. The van der Waals surface area contributed by atoms with Gasteiger partial charge >= 0.3 is 0 Å². The van der Waals surface area contributed by atoms with Crippen LogP contribution in [-0.4, -0.2) is 72.3 Å². The van der Waals surface area contributed by atoms with Crippen molar-refractivity contribution < 1.29 is 9.59 Å². The highest BCUT2D eigenvalue weighted by atomic mass is 16.2. The van der Waals surface area contributed by atoms with Gasteiger partial charge < -0.3 is 9.80 Å². The molecule has 2 aliphatic rings. The predicted octanol–water partition coefficient (Wildman–Crippen LogP) is 2.36. The van der Waals surface area contributed by atoms with Crippen LogP contribution in [0.2, 0.25) is 0 Å². The van der Waals surface area contributed by atoms with Crippen molar-refractivity contribution in [3.8, 4) is 0 Å². The largest absolute Gasteiger partial charge is 0.342 e. The van der Waals surface area contributed by atoms with Crippen molar-refractivity contribution in [2.75, 3.05) is 39.8 Å². The van der Waals surface area contributed by atoms with Crippen LogP contribution in [0.1, 0.15) is 58.8 Å². The SMILES string of the molecule is CCCN(CCC)C(=O)CN(C)C1CCN(C(=O)C2CCCC2)C1. The lowest BCUT2D eigenvalue weighted by molar-refractivity contribution is -0.134. The minimum absolute atomic E-state index is 0.224. The molecule has 2 rings (SSSR count). The fourth-order valence-electron chi connectivity index (χ4n) is 4.08. The first kappa shape index (κ1) is 19.2. The highest BCUT2D eigenvalue weighted by Crippen LogP contribution is 2.28. The molecule has 5 heteroatoms. The highest BCUT2D eigenvalue weighted by molar-refractivity contribution is 5.80. The lowest BCUT2D eigenvalue weighted by atomic mass is 10.1. The number of likely N-dealkylation sites (tertiary alicyclic amines) is 1. The molecule has 1 atom stereocenters. The Morgan fingerprint density at radius 3 is 2.25 bits per heavy atom. The highest BCUT2D eigenvalue weighted by Gasteiger charge is 2.34. The molecule has 2 amide bonds. The van der Waals surface area contributed by atoms with Gasteiger partial charge in [-0.25, -0.2) is 0 Å². The van der Waals surface area contributed by atoms with Crippen molar-refractivity contribution in [3.63, 3.8) is 0 Å². The Balaban J connectivity index is 1.81. The first-order valence-electron chi connectivity index (χ1n) is 9.83. The quantitative estimate of drug-likeness (QED) is 0.683. The molecule has 0 bridgehead atoms. The number of hydrogen-bond acceptors (Lipinski definition) is 3. The average Bonchev–Trinajstić information content (AvgIpc) is 3.25. The van der Waals surface area contributed by atoms with Crippen LogP contribution in [0.3, 0.4) is 0 Å². The van der Waals surface area contributed by atoms with Gasteiger partial charge in [-0.05, 0) is 39.2 Å². The van der Waals surface area contributed by atoms with Gasteiger partial charge in [-0.1, -0.05) is 26.7 Å². The number of likely N-dealkylation sites (N-methyl/N-ethyl adjacent to an activating group) is 1. The summed E-state index contributed by atoms with van der Waals surface area (Å²) in [6.07, 6.45) is 7.53. The van der Waals surface area contributed by atoms with E-state index in [0.717, 1.165) is 58.3 Å². The van der Waals surface area contributed by atoms with Gasteiger partial charge in [-0.2, -0.15) is 0 Å². The monoisotopic (exact) mass is 337 g/mol. The number of carbonyl (C=O) groups is 2. The molecule has 24 heavy (non-hydrogen) atoms. The molecule has 0 aromatic heterocycles. The van der Waals surface area contributed by atoms with E-state index in [2.05, 4.69) is 18.7 Å². The summed E-state index contributed by atoms with van der Waals surface area (Å²) in [5.74, 6) is 0.843. The summed E-state index contributed by atoms with van der Waals surface area (Å²) in [5, 5.41) is 0. The lowest BCUT2D eigenvalue weighted by Crippen LogP contribution is -2.44.